The second kappa shape index (κ2) is 6.07. The lowest BCUT2D eigenvalue weighted by Gasteiger charge is -2.21. The van der Waals surface area contributed by atoms with Crippen LogP contribution in [0, 0.1) is 19.8 Å². The highest BCUT2D eigenvalue weighted by Gasteiger charge is 2.29. The molecular formula is C19H21N3O2. The van der Waals surface area contributed by atoms with E-state index >= 15 is 0 Å². The Labute approximate surface area is 141 Å². The molecule has 5 nitrogen and oxygen atoms in total. The van der Waals surface area contributed by atoms with Gasteiger partial charge in [0.2, 0.25) is 0 Å². The van der Waals surface area contributed by atoms with Crippen LogP contribution in [0.4, 0.5) is 0 Å². The minimum absolute atomic E-state index is 0.0911. The average Bonchev–Trinajstić information content (AvgIpc) is 2.85. The van der Waals surface area contributed by atoms with Gasteiger partial charge in [0.15, 0.2) is 5.65 Å². The Hall–Kier alpha value is -2.69. The predicted octanol–water partition coefficient (Wildman–Crippen LogP) is 4.00. The molecule has 3 rings (SSSR count). The summed E-state index contributed by atoms with van der Waals surface area (Å²) >= 11 is 0. The Morgan fingerprint density at radius 1 is 1.17 bits per heavy atom. The van der Waals surface area contributed by atoms with Crippen molar-refractivity contribution in [1.82, 2.24) is 14.5 Å². The number of pyridine rings is 1. The molecule has 1 aromatic carbocycles. The molecule has 0 bridgehead atoms. The summed E-state index contributed by atoms with van der Waals surface area (Å²) in [4.78, 5) is 21.1. The van der Waals surface area contributed by atoms with Gasteiger partial charge < -0.3 is 5.11 Å². The van der Waals surface area contributed by atoms with E-state index in [0.717, 1.165) is 22.2 Å². The molecule has 1 N–H and O–H groups in total. The smallest absolute Gasteiger partial charge is 0.327 e. The summed E-state index contributed by atoms with van der Waals surface area (Å²) in [7, 11) is 0. The molecule has 1 unspecified atom stereocenters. The number of rotatable bonds is 4. The number of hydrogen-bond acceptors (Lipinski definition) is 3. The molecule has 2 aromatic heterocycles. The van der Waals surface area contributed by atoms with Crippen LogP contribution < -0.4 is 0 Å². The number of nitrogens with zero attached hydrogens (tertiary/aromatic N) is 3. The molecule has 0 radical (unpaired) electrons. The van der Waals surface area contributed by atoms with Gasteiger partial charge in [-0.1, -0.05) is 37.6 Å². The third-order valence-corrected chi connectivity index (χ3v) is 4.11. The minimum atomic E-state index is -0.874. The summed E-state index contributed by atoms with van der Waals surface area (Å²) in [6.07, 6.45) is 1.75. The van der Waals surface area contributed by atoms with Crippen LogP contribution in [0.2, 0.25) is 0 Å². The molecule has 0 saturated heterocycles. The maximum Gasteiger partial charge on any atom is 0.327 e. The molecule has 24 heavy (non-hydrogen) atoms. The molecule has 1 atom stereocenters. The SMILES string of the molecule is Cc1cccc(-c2nc3cc(C)cnc3n2C(C(=O)O)C(C)C)c1. The molecule has 0 fully saturated rings. The summed E-state index contributed by atoms with van der Waals surface area (Å²) in [5, 5.41) is 9.78. The summed E-state index contributed by atoms with van der Waals surface area (Å²) in [5.74, 6) is -0.319. The van der Waals surface area contributed by atoms with Gasteiger partial charge in [0.1, 0.15) is 17.4 Å². The molecule has 124 valence electrons. The van der Waals surface area contributed by atoms with E-state index in [1.165, 1.54) is 0 Å². The number of benzene rings is 1. The highest BCUT2D eigenvalue weighted by Crippen LogP contribution is 2.31. The zero-order chi connectivity index (χ0) is 17.4. The van der Waals surface area contributed by atoms with Gasteiger partial charge in [0, 0.05) is 11.8 Å². The van der Waals surface area contributed by atoms with Crippen LogP contribution in [-0.4, -0.2) is 25.6 Å². The van der Waals surface area contributed by atoms with Gasteiger partial charge in [0.25, 0.3) is 0 Å². The Balaban J connectivity index is 2.35. The van der Waals surface area contributed by atoms with Crippen LogP contribution in [0.3, 0.4) is 0 Å². The van der Waals surface area contributed by atoms with E-state index in [-0.39, 0.29) is 5.92 Å². The minimum Gasteiger partial charge on any atom is -0.480 e. The van der Waals surface area contributed by atoms with Crippen molar-refractivity contribution in [3.8, 4) is 11.4 Å². The Morgan fingerprint density at radius 2 is 1.92 bits per heavy atom. The number of fused-ring (bicyclic) bond motifs is 1. The lowest BCUT2D eigenvalue weighted by atomic mass is 10.0. The lowest BCUT2D eigenvalue weighted by molar-refractivity contribution is -0.142. The number of aliphatic carboxylic acids is 1. The summed E-state index contributed by atoms with van der Waals surface area (Å²) in [6, 6.07) is 9.16. The molecule has 0 aliphatic heterocycles. The third-order valence-electron chi connectivity index (χ3n) is 4.11. The first-order valence-electron chi connectivity index (χ1n) is 8.03. The van der Waals surface area contributed by atoms with E-state index < -0.39 is 12.0 Å². The molecule has 3 aromatic rings. The van der Waals surface area contributed by atoms with E-state index in [4.69, 9.17) is 4.98 Å². The van der Waals surface area contributed by atoms with E-state index in [9.17, 15) is 9.90 Å². The second-order valence-electron chi connectivity index (χ2n) is 6.56. The number of imidazole rings is 1. The van der Waals surface area contributed by atoms with Crippen LogP contribution in [-0.2, 0) is 4.79 Å². The fraction of sp³-hybridized carbons (Fsp3) is 0.316. The average molecular weight is 323 g/mol. The van der Waals surface area contributed by atoms with E-state index in [1.54, 1.807) is 10.8 Å². The fourth-order valence-electron chi connectivity index (χ4n) is 3.03. The highest BCUT2D eigenvalue weighted by molar-refractivity contribution is 5.82. The van der Waals surface area contributed by atoms with Gasteiger partial charge in [-0.25, -0.2) is 14.8 Å². The zero-order valence-electron chi connectivity index (χ0n) is 14.3. The van der Waals surface area contributed by atoms with Crippen molar-refractivity contribution >= 4 is 17.1 Å². The van der Waals surface area contributed by atoms with E-state index in [2.05, 4.69) is 4.98 Å². The first-order valence-corrected chi connectivity index (χ1v) is 8.03. The maximum absolute atomic E-state index is 11.9. The molecule has 0 aliphatic rings. The topological polar surface area (TPSA) is 68.0 Å². The number of hydrogen-bond donors (Lipinski definition) is 1. The van der Waals surface area contributed by atoms with Crippen molar-refractivity contribution in [2.75, 3.05) is 0 Å². The number of carbonyl (C=O) groups is 1. The molecular weight excluding hydrogens is 302 g/mol. The van der Waals surface area contributed by atoms with Crippen LogP contribution in [0.25, 0.3) is 22.6 Å². The van der Waals surface area contributed by atoms with Crippen LogP contribution in [0.15, 0.2) is 36.5 Å². The molecule has 0 saturated carbocycles. The van der Waals surface area contributed by atoms with Crippen molar-refractivity contribution in [2.45, 2.75) is 33.7 Å². The van der Waals surface area contributed by atoms with Crippen LogP contribution >= 0.6 is 0 Å². The molecule has 2 heterocycles. The van der Waals surface area contributed by atoms with Gasteiger partial charge in [-0.15, -0.1) is 0 Å². The third kappa shape index (κ3) is 2.77. The van der Waals surface area contributed by atoms with Gasteiger partial charge in [0.05, 0.1) is 0 Å². The van der Waals surface area contributed by atoms with Gasteiger partial charge in [-0.05, 0) is 37.5 Å². The van der Waals surface area contributed by atoms with Crippen molar-refractivity contribution in [3.63, 3.8) is 0 Å². The first kappa shape index (κ1) is 16.2. The summed E-state index contributed by atoms with van der Waals surface area (Å²) in [6.45, 7) is 7.77. The molecule has 0 aliphatic carbocycles. The van der Waals surface area contributed by atoms with Crippen molar-refractivity contribution in [2.24, 2.45) is 5.92 Å². The van der Waals surface area contributed by atoms with Crippen LogP contribution in [0.1, 0.15) is 31.0 Å². The monoisotopic (exact) mass is 323 g/mol. The lowest BCUT2D eigenvalue weighted by Crippen LogP contribution is -2.25. The fourth-order valence-corrected chi connectivity index (χ4v) is 3.03. The molecule has 0 amide bonds. The number of aromatic nitrogens is 3. The quantitative estimate of drug-likeness (QED) is 0.788. The van der Waals surface area contributed by atoms with Gasteiger partial charge >= 0.3 is 5.97 Å². The van der Waals surface area contributed by atoms with Crippen molar-refractivity contribution in [3.05, 3.63) is 47.7 Å². The molecule has 5 heteroatoms. The summed E-state index contributed by atoms with van der Waals surface area (Å²) in [5.41, 5.74) is 4.33. The van der Waals surface area contributed by atoms with Gasteiger partial charge in [-0.2, -0.15) is 0 Å². The standard InChI is InChI=1S/C19H21N3O2/c1-11(2)16(19(23)24)22-17(14-7-5-6-12(3)8-14)21-15-9-13(4)10-20-18(15)22/h5-11,16H,1-4H3,(H,23,24). The predicted molar refractivity (Wildman–Crippen MR) is 93.9 cm³/mol. The number of carboxylic acids is 1. The molecule has 0 spiro atoms. The Bertz CT molecular complexity index is 912. The Morgan fingerprint density at radius 3 is 2.54 bits per heavy atom. The maximum atomic E-state index is 11.9. The first-order chi connectivity index (χ1) is 11.4. The number of carboxylic acid groups (broad SMARTS) is 1. The van der Waals surface area contributed by atoms with E-state index in [0.29, 0.717) is 11.5 Å². The van der Waals surface area contributed by atoms with Crippen molar-refractivity contribution in [1.29, 1.82) is 0 Å². The second-order valence-corrected chi connectivity index (χ2v) is 6.56. The van der Waals surface area contributed by atoms with E-state index in [1.807, 2.05) is 58.0 Å². The van der Waals surface area contributed by atoms with Crippen molar-refractivity contribution < 1.29 is 9.90 Å². The number of aryl methyl sites for hydroxylation is 2. The highest BCUT2D eigenvalue weighted by atomic mass is 16.4. The summed E-state index contributed by atoms with van der Waals surface area (Å²) < 4.78 is 1.76. The van der Waals surface area contributed by atoms with Crippen LogP contribution in [0.5, 0.6) is 0 Å². The largest absolute Gasteiger partial charge is 0.480 e. The normalized spacial score (nSPS) is 12.7. The Kier molecular flexibility index (Phi) is 4.09. The zero-order valence-corrected chi connectivity index (χ0v) is 14.3. The van der Waals surface area contributed by atoms with Gasteiger partial charge in [-0.3, -0.25) is 4.57 Å².